The minimum atomic E-state index is -1.41. The number of hydrogen-bond acceptors (Lipinski definition) is 2. The van der Waals surface area contributed by atoms with Gasteiger partial charge in [-0.2, -0.15) is 0 Å². The molecule has 3 rings (SSSR count). The van der Waals surface area contributed by atoms with Crippen LogP contribution in [0.1, 0.15) is 77.6 Å². The van der Waals surface area contributed by atoms with Crippen molar-refractivity contribution in [3.05, 3.63) is 30.1 Å². The molecular weight excluding hydrogens is 331 g/mol. The van der Waals surface area contributed by atoms with E-state index >= 15 is 0 Å². The van der Waals surface area contributed by atoms with Crippen LogP contribution in [0.5, 0.6) is 5.75 Å². The predicted molar refractivity (Wildman–Crippen MR) is 102 cm³/mol. The summed E-state index contributed by atoms with van der Waals surface area (Å²) in [4.78, 5) is 9.94. The van der Waals surface area contributed by atoms with E-state index in [2.05, 4.69) is 11.7 Å². The molecule has 1 aromatic rings. The highest BCUT2D eigenvalue weighted by Gasteiger charge is 2.27. The van der Waals surface area contributed by atoms with Gasteiger partial charge in [-0.1, -0.05) is 64.7 Å². The summed E-state index contributed by atoms with van der Waals surface area (Å²) in [5.41, 5.74) is 0. The van der Waals surface area contributed by atoms with Gasteiger partial charge in [0, 0.05) is 0 Å². The van der Waals surface area contributed by atoms with Crippen LogP contribution in [0.3, 0.4) is 0 Å². The zero-order chi connectivity index (χ0) is 18.8. The van der Waals surface area contributed by atoms with Crippen molar-refractivity contribution < 1.29 is 19.0 Å². The number of ether oxygens (including phenoxy) is 1. The summed E-state index contributed by atoms with van der Waals surface area (Å²) in [6.07, 6.45) is 15.4. The molecule has 2 saturated carbocycles. The minimum Gasteiger partial charge on any atom is -0.449 e. The number of carboxylic acid groups (broad SMARTS) is 1. The van der Waals surface area contributed by atoms with Crippen LogP contribution in [0.25, 0.3) is 0 Å². The molecule has 26 heavy (non-hydrogen) atoms. The van der Waals surface area contributed by atoms with Gasteiger partial charge in [0.05, 0.1) is 0 Å². The molecule has 146 valence electrons. The number of carbonyl (C=O) groups is 1. The van der Waals surface area contributed by atoms with Crippen LogP contribution >= 0.6 is 0 Å². The normalized spacial score (nSPS) is 23.6. The second-order valence-electron chi connectivity index (χ2n) is 7.79. The maximum absolute atomic E-state index is 12.2. The van der Waals surface area contributed by atoms with Crippen LogP contribution in [0.2, 0.25) is 0 Å². The van der Waals surface area contributed by atoms with E-state index < -0.39 is 12.0 Å². The molecule has 0 unspecified atom stereocenters. The van der Waals surface area contributed by atoms with Gasteiger partial charge in [-0.3, -0.25) is 0 Å². The lowest BCUT2D eigenvalue weighted by Gasteiger charge is -2.35. The highest BCUT2D eigenvalue weighted by atomic mass is 19.1. The molecule has 0 aliphatic heterocycles. The molecule has 0 heterocycles. The molecule has 0 saturated heterocycles. The van der Waals surface area contributed by atoms with E-state index in [4.69, 9.17) is 5.11 Å². The van der Waals surface area contributed by atoms with Crippen LogP contribution in [0, 0.1) is 23.6 Å². The van der Waals surface area contributed by atoms with Crippen molar-refractivity contribution in [3.63, 3.8) is 0 Å². The van der Waals surface area contributed by atoms with Crippen molar-refractivity contribution in [2.45, 2.75) is 77.6 Å². The van der Waals surface area contributed by atoms with Crippen LogP contribution in [-0.2, 0) is 0 Å². The number of rotatable bonds is 4. The Kier molecular flexibility index (Phi) is 8.93. The van der Waals surface area contributed by atoms with Crippen molar-refractivity contribution >= 4 is 6.16 Å². The molecular formula is C22H33FO3. The van der Waals surface area contributed by atoms with E-state index in [0.717, 1.165) is 29.9 Å². The predicted octanol–water partition coefficient (Wildman–Crippen LogP) is 7.06. The van der Waals surface area contributed by atoms with Crippen molar-refractivity contribution in [1.29, 1.82) is 0 Å². The Morgan fingerprint density at radius 2 is 1.58 bits per heavy atom. The molecule has 2 aliphatic rings. The summed E-state index contributed by atoms with van der Waals surface area (Å²) < 4.78 is 16.4. The van der Waals surface area contributed by atoms with Gasteiger partial charge in [-0.05, 0) is 54.9 Å². The molecule has 0 spiro atoms. The van der Waals surface area contributed by atoms with Gasteiger partial charge in [0.2, 0.25) is 0 Å². The molecule has 1 aromatic carbocycles. The third-order valence-corrected chi connectivity index (χ3v) is 5.92. The third kappa shape index (κ3) is 7.35. The largest absolute Gasteiger partial charge is 0.511 e. The first kappa shape index (κ1) is 20.7. The lowest BCUT2D eigenvalue weighted by molar-refractivity contribution is 0.144. The fourth-order valence-electron chi connectivity index (χ4n) is 4.57. The maximum Gasteiger partial charge on any atom is 0.511 e. The van der Waals surface area contributed by atoms with Gasteiger partial charge in [-0.15, -0.1) is 0 Å². The van der Waals surface area contributed by atoms with Gasteiger partial charge in [0.25, 0.3) is 0 Å². The second-order valence-corrected chi connectivity index (χ2v) is 7.79. The molecule has 2 fully saturated rings. The molecule has 0 atom stereocenters. The monoisotopic (exact) mass is 364 g/mol. The van der Waals surface area contributed by atoms with Gasteiger partial charge >= 0.3 is 6.16 Å². The Balaban J connectivity index is 0.000000197. The zero-order valence-corrected chi connectivity index (χ0v) is 16.0. The van der Waals surface area contributed by atoms with Crippen LogP contribution in [0.15, 0.2) is 24.3 Å². The van der Waals surface area contributed by atoms with E-state index in [0.29, 0.717) is 0 Å². The Bertz CT molecular complexity index is 515. The Morgan fingerprint density at radius 3 is 2.12 bits per heavy atom. The Morgan fingerprint density at radius 1 is 1.00 bits per heavy atom. The van der Waals surface area contributed by atoms with E-state index in [1.165, 1.54) is 44.2 Å². The van der Waals surface area contributed by atoms with Gasteiger partial charge in [0.15, 0.2) is 0 Å². The molecule has 0 radical (unpaired) electrons. The average molecular weight is 365 g/mol. The van der Waals surface area contributed by atoms with Crippen LogP contribution in [-0.4, -0.2) is 11.3 Å². The second kappa shape index (κ2) is 11.2. The summed E-state index contributed by atoms with van der Waals surface area (Å²) >= 11 is 0. The minimum absolute atomic E-state index is 0.110. The first-order valence-electron chi connectivity index (χ1n) is 10.2. The summed E-state index contributed by atoms with van der Waals surface area (Å²) in [6.45, 7) is 2.34. The Hall–Kier alpha value is -1.58. The molecule has 0 amide bonds. The van der Waals surface area contributed by atoms with Crippen LogP contribution < -0.4 is 4.74 Å². The van der Waals surface area contributed by atoms with Crippen molar-refractivity contribution in [1.82, 2.24) is 0 Å². The summed E-state index contributed by atoms with van der Waals surface area (Å²) in [6, 6.07) is 4.73. The van der Waals surface area contributed by atoms with Crippen LogP contribution in [0.4, 0.5) is 9.18 Å². The van der Waals surface area contributed by atoms with Crippen molar-refractivity contribution in [2.24, 2.45) is 17.8 Å². The molecule has 0 aromatic heterocycles. The van der Waals surface area contributed by atoms with Crippen molar-refractivity contribution in [3.8, 4) is 5.75 Å². The smallest absolute Gasteiger partial charge is 0.449 e. The topological polar surface area (TPSA) is 46.5 Å². The highest BCUT2D eigenvalue weighted by Crippen LogP contribution is 2.40. The summed E-state index contributed by atoms with van der Waals surface area (Å²) in [7, 11) is 0. The first-order valence-corrected chi connectivity index (χ1v) is 10.2. The fourth-order valence-corrected chi connectivity index (χ4v) is 4.57. The first-order chi connectivity index (χ1) is 12.6. The molecule has 3 nitrogen and oxygen atoms in total. The summed E-state index contributed by atoms with van der Waals surface area (Å²) in [5, 5.41) is 8.12. The SMILES string of the molecule is CCCC1CCC(C2CCCCC2)CC1.O=C(O)Oc1ccc(F)cc1. The maximum atomic E-state index is 12.2. The molecule has 2 aliphatic carbocycles. The van der Waals surface area contributed by atoms with Gasteiger partial charge < -0.3 is 9.84 Å². The van der Waals surface area contributed by atoms with E-state index in [1.54, 1.807) is 38.5 Å². The fraction of sp³-hybridized carbons (Fsp3) is 0.682. The highest BCUT2D eigenvalue weighted by molar-refractivity contribution is 5.60. The van der Waals surface area contributed by atoms with Gasteiger partial charge in [-0.25, -0.2) is 9.18 Å². The van der Waals surface area contributed by atoms with E-state index in [1.807, 2.05) is 0 Å². The Labute approximate surface area is 156 Å². The number of halogens is 1. The number of benzene rings is 1. The molecule has 1 N–H and O–H groups in total. The zero-order valence-electron chi connectivity index (χ0n) is 16.0. The summed E-state index contributed by atoms with van der Waals surface area (Å²) in [5.74, 6) is 3.02. The quantitative estimate of drug-likeness (QED) is 0.459. The lowest BCUT2D eigenvalue weighted by atomic mass is 9.70. The lowest BCUT2D eigenvalue weighted by Crippen LogP contribution is -2.23. The third-order valence-electron chi connectivity index (χ3n) is 5.92. The molecule has 4 heteroatoms. The number of hydrogen-bond donors (Lipinski definition) is 1. The standard InChI is InChI=1S/C15H28.C7H5FO3/c1-2-6-13-9-11-15(12-10-13)14-7-4-3-5-8-14;8-5-1-3-6(4-2-5)11-7(9)10/h13-15H,2-12H2,1H3;1-4H,(H,9,10). The van der Waals surface area contributed by atoms with E-state index in [9.17, 15) is 9.18 Å². The van der Waals surface area contributed by atoms with E-state index in [-0.39, 0.29) is 5.75 Å². The average Bonchev–Trinajstić information content (AvgIpc) is 2.65. The van der Waals surface area contributed by atoms with Gasteiger partial charge in [0.1, 0.15) is 11.6 Å². The van der Waals surface area contributed by atoms with Crippen molar-refractivity contribution in [2.75, 3.05) is 0 Å². The molecule has 0 bridgehead atoms.